The first-order chi connectivity index (χ1) is 9.20. The van der Waals surface area contributed by atoms with Crippen LogP contribution in [-0.4, -0.2) is 46.9 Å². The van der Waals surface area contributed by atoms with E-state index in [1.54, 1.807) is 26.1 Å². The molecular formula is C13H20N2O4S. The zero-order chi connectivity index (χ0) is 15.6. The van der Waals surface area contributed by atoms with Gasteiger partial charge in [0.25, 0.3) is 0 Å². The van der Waals surface area contributed by atoms with Crippen molar-refractivity contribution in [3.05, 3.63) is 29.8 Å². The van der Waals surface area contributed by atoms with Crippen LogP contribution in [0, 0.1) is 0 Å². The molecule has 6 nitrogen and oxygen atoms in total. The fourth-order valence-electron chi connectivity index (χ4n) is 1.74. The van der Waals surface area contributed by atoms with Gasteiger partial charge in [-0.05, 0) is 31.7 Å². The molecule has 0 aliphatic carbocycles. The van der Waals surface area contributed by atoms with Crippen molar-refractivity contribution in [1.82, 2.24) is 9.62 Å². The number of carbonyl (C=O) groups is 1. The Labute approximate surface area is 119 Å². The van der Waals surface area contributed by atoms with Crippen molar-refractivity contribution in [3.63, 3.8) is 0 Å². The second-order valence-electron chi connectivity index (χ2n) is 4.68. The van der Waals surface area contributed by atoms with Gasteiger partial charge in [0, 0.05) is 14.1 Å². The predicted molar refractivity (Wildman–Crippen MR) is 75.7 cm³/mol. The third-order valence-corrected chi connectivity index (χ3v) is 5.13. The molecule has 0 aromatic heterocycles. The molecule has 0 amide bonds. The van der Waals surface area contributed by atoms with Crippen molar-refractivity contribution in [2.24, 2.45) is 0 Å². The molecule has 0 fully saturated rings. The van der Waals surface area contributed by atoms with E-state index in [-0.39, 0.29) is 4.90 Å². The van der Waals surface area contributed by atoms with E-state index in [9.17, 15) is 13.2 Å². The highest BCUT2D eigenvalue weighted by Gasteiger charge is 2.34. The lowest BCUT2D eigenvalue weighted by Crippen LogP contribution is -2.45. The van der Waals surface area contributed by atoms with Crippen molar-refractivity contribution >= 4 is 16.0 Å². The van der Waals surface area contributed by atoms with Crippen molar-refractivity contribution in [2.75, 3.05) is 28.3 Å². The van der Waals surface area contributed by atoms with Crippen molar-refractivity contribution in [3.8, 4) is 0 Å². The van der Waals surface area contributed by atoms with E-state index < -0.39 is 21.5 Å². The summed E-state index contributed by atoms with van der Waals surface area (Å²) in [6.45, 7) is 1.67. The minimum Gasteiger partial charge on any atom is -0.467 e. The van der Waals surface area contributed by atoms with Crippen LogP contribution in [0.15, 0.2) is 29.2 Å². The lowest BCUT2D eigenvalue weighted by Gasteiger charge is -2.26. The summed E-state index contributed by atoms with van der Waals surface area (Å²) >= 11 is 0. The van der Waals surface area contributed by atoms with Gasteiger partial charge in [0.15, 0.2) is 0 Å². The highest BCUT2D eigenvalue weighted by atomic mass is 32.2. The number of hydrogen-bond donors (Lipinski definition) is 1. The third-order valence-electron chi connectivity index (χ3n) is 3.30. The van der Waals surface area contributed by atoms with Gasteiger partial charge in [0.05, 0.1) is 12.0 Å². The maximum Gasteiger partial charge on any atom is 0.330 e. The molecule has 0 heterocycles. The molecule has 1 aromatic carbocycles. The minimum absolute atomic E-state index is 0.176. The van der Waals surface area contributed by atoms with Crippen LogP contribution in [0.3, 0.4) is 0 Å². The zero-order valence-corrected chi connectivity index (χ0v) is 13.1. The number of hydrogen-bond acceptors (Lipinski definition) is 5. The van der Waals surface area contributed by atoms with E-state index in [0.29, 0.717) is 5.56 Å². The smallest absolute Gasteiger partial charge is 0.330 e. The summed E-state index contributed by atoms with van der Waals surface area (Å²) in [6, 6.07) is 6.15. The average molecular weight is 300 g/mol. The topological polar surface area (TPSA) is 75.7 Å². The monoisotopic (exact) mass is 300 g/mol. The number of carbonyl (C=O) groups excluding carboxylic acids is 1. The number of ether oxygens (including phenoxy) is 1. The highest BCUT2D eigenvalue weighted by molar-refractivity contribution is 7.89. The number of likely N-dealkylation sites (N-methyl/N-ethyl adjacent to an activating group) is 1. The molecule has 20 heavy (non-hydrogen) atoms. The Morgan fingerprint density at radius 2 is 1.75 bits per heavy atom. The molecule has 1 aromatic rings. The Hall–Kier alpha value is -1.44. The van der Waals surface area contributed by atoms with E-state index in [1.807, 2.05) is 0 Å². The maximum absolute atomic E-state index is 12.0. The van der Waals surface area contributed by atoms with Crippen LogP contribution in [0.2, 0.25) is 0 Å². The van der Waals surface area contributed by atoms with Gasteiger partial charge in [-0.3, -0.25) is 0 Å². The van der Waals surface area contributed by atoms with Gasteiger partial charge in [0.2, 0.25) is 10.0 Å². The summed E-state index contributed by atoms with van der Waals surface area (Å²) in [7, 11) is 2.41. The number of benzene rings is 1. The fourth-order valence-corrected chi connectivity index (χ4v) is 2.64. The molecule has 0 saturated carbocycles. The van der Waals surface area contributed by atoms with Gasteiger partial charge in [-0.25, -0.2) is 17.5 Å². The Morgan fingerprint density at radius 1 is 1.25 bits per heavy atom. The number of methoxy groups -OCH3 is 1. The first kappa shape index (κ1) is 16.6. The SMILES string of the molecule is CNC(C)(C(=O)OC)c1ccc(S(=O)(=O)N(C)C)cc1. The van der Waals surface area contributed by atoms with E-state index >= 15 is 0 Å². The first-order valence-corrected chi connectivity index (χ1v) is 7.44. The second kappa shape index (κ2) is 5.90. The van der Waals surface area contributed by atoms with Crippen molar-refractivity contribution in [1.29, 1.82) is 0 Å². The van der Waals surface area contributed by atoms with Gasteiger partial charge in [0.1, 0.15) is 5.54 Å². The average Bonchev–Trinajstić information content (AvgIpc) is 2.45. The predicted octanol–water partition coefficient (Wildman–Crippen LogP) is 0.545. The second-order valence-corrected chi connectivity index (χ2v) is 6.83. The van der Waals surface area contributed by atoms with E-state index in [4.69, 9.17) is 4.74 Å². The number of sulfonamides is 1. The molecule has 0 spiro atoms. The van der Waals surface area contributed by atoms with E-state index in [2.05, 4.69) is 5.32 Å². The summed E-state index contributed by atoms with van der Waals surface area (Å²) in [5, 5.41) is 2.89. The molecule has 7 heteroatoms. The summed E-state index contributed by atoms with van der Waals surface area (Å²) in [6.07, 6.45) is 0. The van der Waals surface area contributed by atoms with E-state index in [1.165, 1.54) is 33.3 Å². The van der Waals surface area contributed by atoms with Crippen LogP contribution in [0.1, 0.15) is 12.5 Å². The molecule has 0 aliphatic rings. The lowest BCUT2D eigenvalue weighted by molar-refractivity contribution is -0.148. The van der Waals surface area contributed by atoms with E-state index in [0.717, 1.165) is 4.31 Å². The summed E-state index contributed by atoms with van der Waals surface area (Å²) in [5.41, 5.74) is -0.389. The quantitative estimate of drug-likeness (QED) is 0.804. The Bertz CT molecular complexity index is 581. The van der Waals surface area contributed by atoms with Crippen molar-refractivity contribution < 1.29 is 17.9 Å². The zero-order valence-electron chi connectivity index (χ0n) is 12.3. The standard InChI is InChI=1S/C13H20N2O4S/c1-13(14-2,12(16)19-5)10-6-8-11(9-7-10)20(17,18)15(3)4/h6-9,14H,1-5H3. The Balaban J connectivity index is 3.24. The molecule has 0 saturated heterocycles. The van der Waals surface area contributed by atoms with Gasteiger partial charge in [-0.1, -0.05) is 12.1 Å². The first-order valence-electron chi connectivity index (χ1n) is 6.00. The van der Waals surface area contributed by atoms with Gasteiger partial charge in [-0.2, -0.15) is 0 Å². The minimum atomic E-state index is -3.47. The molecule has 1 atom stereocenters. The number of esters is 1. The Morgan fingerprint density at radius 3 is 2.10 bits per heavy atom. The number of rotatable bonds is 5. The van der Waals surface area contributed by atoms with Crippen LogP contribution in [0.5, 0.6) is 0 Å². The number of nitrogens with zero attached hydrogens (tertiary/aromatic N) is 1. The molecular weight excluding hydrogens is 280 g/mol. The third kappa shape index (κ3) is 2.84. The molecule has 1 rings (SSSR count). The largest absolute Gasteiger partial charge is 0.467 e. The fraction of sp³-hybridized carbons (Fsp3) is 0.462. The molecule has 0 radical (unpaired) electrons. The summed E-state index contributed by atoms with van der Waals surface area (Å²) in [5.74, 6) is -0.441. The molecule has 112 valence electrons. The van der Waals surface area contributed by atoms with Crippen LogP contribution in [-0.2, 0) is 25.1 Å². The molecule has 1 N–H and O–H groups in total. The lowest BCUT2D eigenvalue weighted by atomic mass is 9.92. The van der Waals surface area contributed by atoms with Crippen LogP contribution in [0.25, 0.3) is 0 Å². The van der Waals surface area contributed by atoms with Crippen LogP contribution in [0.4, 0.5) is 0 Å². The van der Waals surface area contributed by atoms with Gasteiger partial charge in [-0.15, -0.1) is 0 Å². The molecule has 0 aliphatic heterocycles. The summed E-state index contributed by atoms with van der Waals surface area (Å²) < 4.78 is 29.8. The van der Waals surface area contributed by atoms with Crippen molar-refractivity contribution in [2.45, 2.75) is 17.4 Å². The van der Waals surface area contributed by atoms with Crippen LogP contribution >= 0.6 is 0 Å². The van der Waals surface area contributed by atoms with Gasteiger partial charge >= 0.3 is 5.97 Å². The molecule has 0 bridgehead atoms. The summed E-state index contributed by atoms with van der Waals surface area (Å²) in [4.78, 5) is 12.0. The van der Waals surface area contributed by atoms with Gasteiger partial charge < -0.3 is 10.1 Å². The maximum atomic E-state index is 12.0. The normalized spacial score (nSPS) is 14.9. The molecule has 1 unspecified atom stereocenters. The van der Waals surface area contributed by atoms with Crippen LogP contribution < -0.4 is 5.32 Å². The highest BCUT2D eigenvalue weighted by Crippen LogP contribution is 2.24. The Kier molecular flexibility index (Phi) is 4.90. The number of nitrogens with one attached hydrogen (secondary N) is 1.